The average Bonchev–Trinajstić information content (AvgIpc) is 3.51. The molecule has 6 aromatic rings. The number of hydrogen-bond acceptors (Lipinski definition) is 2. The number of methoxy groups -OCH3 is 2. The number of nitrogens with one attached hydrogen (secondary N) is 1. The van der Waals surface area contributed by atoms with Crippen LogP contribution in [0.15, 0.2) is 67.0 Å². The van der Waals surface area contributed by atoms with Crippen LogP contribution in [-0.2, 0) is 26.9 Å². The quantitative estimate of drug-likeness (QED) is 0.292. The van der Waals surface area contributed by atoms with E-state index in [9.17, 15) is 0 Å². The van der Waals surface area contributed by atoms with Crippen molar-refractivity contribution in [3.8, 4) is 11.5 Å². The summed E-state index contributed by atoms with van der Waals surface area (Å²) in [7, 11) is 7.68. The number of aromatic amines is 1. The third kappa shape index (κ3) is 3.38. The van der Waals surface area contributed by atoms with Crippen molar-refractivity contribution in [1.29, 1.82) is 0 Å². The fourth-order valence-electron chi connectivity index (χ4n) is 5.79. The van der Waals surface area contributed by atoms with Crippen LogP contribution in [0.2, 0.25) is 0 Å². The lowest BCUT2D eigenvalue weighted by molar-refractivity contribution is 0.395. The molecule has 0 aliphatic carbocycles. The first-order valence-corrected chi connectivity index (χ1v) is 12.3. The van der Waals surface area contributed by atoms with Gasteiger partial charge in [0.05, 0.1) is 19.7 Å². The van der Waals surface area contributed by atoms with Gasteiger partial charge in [0.25, 0.3) is 0 Å². The molecule has 0 aliphatic rings. The van der Waals surface area contributed by atoms with E-state index in [1.54, 1.807) is 14.2 Å². The Kier molecular flexibility index (Phi) is 5.29. The topological polar surface area (TPSA) is 44.1 Å². The number of ether oxygens (including phenoxy) is 2. The van der Waals surface area contributed by atoms with Crippen molar-refractivity contribution >= 4 is 32.7 Å². The van der Waals surface area contributed by atoms with Crippen LogP contribution in [0.4, 0.5) is 0 Å². The molecule has 3 aromatic heterocycles. The zero-order chi connectivity index (χ0) is 25.0. The Hall–Kier alpha value is -4.12. The SMILES string of the molecule is COc1cc(OC)c2c(C)c(Cc3cn(C)c4ccccc34)[nH]c2c1Cc1cn(C)c2ccccc12. The Morgan fingerprint density at radius 3 is 1.89 bits per heavy atom. The smallest absolute Gasteiger partial charge is 0.132 e. The zero-order valence-corrected chi connectivity index (χ0v) is 21.5. The highest BCUT2D eigenvalue weighted by molar-refractivity contribution is 5.96. The molecule has 0 fully saturated rings. The Labute approximate surface area is 210 Å². The minimum Gasteiger partial charge on any atom is -0.496 e. The number of para-hydroxylation sites is 2. The van der Waals surface area contributed by atoms with E-state index < -0.39 is 0 Å². The lowest BCUT2D eigenvalue weighted by atomic mass is 9.99. The fraction of sp³-hybridized carbons (Fsp3) is 0.226. The summed E-state index contributed by atoms with van der Waals surface area (Å²) < 4.78 is 16.2. The molecule has 36 heavy (non-hydrogen) atoms. The number of aromatic nitrogens is 3. The second-order valence-corrected chi connectivity index (χ2v) is 9.66. The summed E-state index contributed by atoms with van der Waals surface area (Å²) in [6.45, 7) is 2.19. The second kappa shape index (κ2) is 8.52. The molecule has 1 N–H and O–H groups in total. The molecule has 0 unspecified atom stereocenters. The fourth-order valence-corrected chi connectivity index (χ4v) is 5.79. The summed E-state index contributed by atoms with van der Waals surface area (Å²) in [5, 5.41) is 3.69. The van der Waals surface area contributed by atoms with E-state index in [0.29, 0.717) is 0 Å². The maximum Gasteiger partial charge on any atom is 0.132 e. The van der Waals surface area contributed by atoms with Crippen molar-refractivity contribution in [2.24, 2.45) is 14.1 Å². The van der Waals surface area contributed by atoms with E-state index in [1.165, 1.54) is 44.2 Å². The molecule has 3 aromatic carbocycles. The largest absolute Gasteiger partial charge is 0.496 e. The van der Waals surface area contributed by atoms with Crippen molar-refractivity contribution < 1.29 is 9.47 Å². The maximum atomic E-state index is 5.91. The number of nitrogens with zero attached hydrogens (tertiary/aromatic N) is 2. The molecule has 0 atom stereocenters. The number of rotatable bonds is 6. The highest BCUT2D eigenvalue weighted by Crippen LogP contribution is 2.41. The summed E-state index contributed by atoms with van der Waals surface area (Å²) in [6.07, 6.45) is 6.05. The first-order valence-electron chi connectivity index (χ1n) is 12.3. The zero-order valence-electron chi connectivity index (χ0n) is 21.5. The van der Waals surface area contributed by atoms with E-state index in [0.717, 1.165) is 40.8 Å². The Balaban J connectivity index is 1.53. The Bertz CT molecular complexity index is 1750. The minimum absolute atomic E-state index is 0.763. The van der Waals surface area contributed by atoms with Gasteiger partial charge in [-0.15, -0.1) is 0 Å². The molecule has 5 heteroatoms. The third-order valence-corrected chi connectivity index (χ3v) is 7.59. The first kappa shape index (κ1) is 22.4. The standard InChI is InChI=1S/C31H31N3O2/c1-19-25(15-21-18-34(3)27-13-9-7-11-23(21)27)32-31-24(28(35-4)16-29(36-5)30(19)31)14-20-17-33(2)26-12-8-6-10-22(20)26/h6-13,16-18,32H,14-15H2,1-5H3. The van der Waals surface area contributed by atoms with Gasteiger partial charge in [0.2, 0.25) is 0 Å². The molecule has 3 heterocycles. The molecule has 0 bridgehead atoms. The highest BCUT2D eigenvalue weighted by Gasteiger charge is 2.22. The van der Waals surface area contributed by atoms with Gasteiger partial charge < -0.3 is 23.6 Å². The lowest BCUT2D eigenvalue weighted by Gasteiger charge is -2.13. The monoisotopic (exact) mass is 477 g/mol. The van der Waals surface area contributed by atoms with E-state index in [4.69, 9.17) is 9.47 Å². The molecule has 0 saturated carbocycles. The summed E-state index contributed by atoms with van der Waals surface area (Å²) in [4.78, 5) is 3.80. The molecule has 5 nitrogen and oxygen atoms in total. The molecule has 0 aliphatic heterocycles. The van der Waals surface area contributed by atoms with Crippen LogP contribution < -0.4 is 9.47 Å². The average molecular weight is 478 g/mol. The molecular weight excluding hydrogens is 446 g/mol. The van der Waals surface area contributed by atoms with Gasteiger partial charge in [0.1, 0.15) is 11.5 Å². The van der Waals surface area contributed by atoms with Crippen molar-refractivity contribution in [3.63, 3.8) is 0 Å². The van der Waals surface area contributed by atoms with Crippen LogP contribution in [0.25, 0.3) is 32.7 Å². The minimum atomic E-state index is 0.763. The summed E-state index contributed by atoms with van der Waals surface area (Å²) in [6, 6.07) is 19.2. The molecule has 0 saturated heterocycles. The molecule has 182 valence electrons. The summed E-state index contributed by atoms with van der Waals surface area (Å²) in [5.41, 5.74) is 9.73. The first-order chi connectivity index (χ1) is 17.5. The van der Waals surface area contributed by atoms with Gasteiger partial charge in [0, 0.05) is 83.8 Å². The number of aryl methyl sites for hydroxylation is 3. The van der Waals surface area contributed by atoms with Crippen LogP contribution in [0.3, 0.4) is 0 Å². The predicted molar refractivity (Wildman–Crippen MR) is 148 cm³/mol. The van der Waals surface area contributed by atoms with E-state index in [-0.39, 0.29) is 0 Å². The van der Waals surface area contributed by atoms with Gasteiger partial charge in [0.15, 0.2) is 0 Å². The van der Waals surface area contributed by atoms with E-state index in [2.05, 4.69) is 96.1 Å². The second-order valence-electron chi connectivity index (χ2n) is 9.66. The molecule has 0 amide bonds. The molecule has 0 spiro atoms. The predicted octanol–water partition coefficient (Wildman–Crippen LogP) is 6.66. The van der Waals surface area contributed by atoms with Gasteiger partial charge in [-0.05, 0) is 35.7 Å². The Morgan fingerprint density at radius 1 is 0.750 bits per heavy atom. The van der Waals surface area contributed by atoms with Gasteiger partial charge in [-0.1, -0.05) is 36.4 Å². The summed E-state index contributed by atoms with van der Waals surface area (Å²) in [5.74, 6) is 1.67. The number of benzene rings is 3. The number of hydrogen-bond donors (Lipinski definition) is 1. The van der Waals surface area contributed by atoms with Crippen LogP contribution >= 0.6 is 0 Å². The van der Waals surface area contributed by atoms with Gasteiger partial charge in [-0.3, -0.25) is 0 Å². The number of H-pyrrole nitrogens is 1. The van der Waals surface area contributed by atoms with Crippen molar-refractivity contribution in [3.05, 3.63) is 94.9 Å². The van der Waals surface area contributed by atoms with Gasteiger partial charge in [-0.25, -0.2) is 0 Å². The van der Waals surface area contributed by atoms with Crippen LogP contribution in [-0.4, -0.2) is 28.3 Å². The van der Waals surface area contributed by atoms with Crippen LogP contribution in [0.1, 0.15) is 27.9 Å². The van der Waals surface area contributed by atoms with Crippen molar-refractivity contribution in [2.75, 3.05) is 14.2 Å². The number of fused-ring (bicyclic) bond motifs is 3. The van der Waals surface area contributed by atoms with E-state index in [1.807, 2.05) is 6.07 Å². The lowest BCUT2D eigenvalue weighted by Crippen LogP contribution is -1.97. The van der Waals surface area contributed by atoms with E-state index >= 15 is 0 Å². The van der Waals surface area contributed by atoms with Gasteiger partial charge >= 0.3 is 0 Å². The molecular formula is C31H31N3O2. The Morgan fingerprint density at radius 2 is 1.31 bits per heavy atom. The van der Waals surface area contributed by atoms with Crippen molar-refractivity contribution in [2.45, 2.75) is 19.8 Å². The van der Waals surface area contributed by atoms with Gasteiger partial charge in [-0.2, -0.15) is 0 Å². The highest BCUT2D eigenvalue weighted by atomic mass is 16.5. The third-order valence-electron chi connectivity index (χ3n) is 7.59. The summed E-state index contributed by atoms with van der Waals surface area (Å²) >= 11 is 0. The van der Waals surface area contributed by atoms with Crippen LogP contribution in [0.5, 0.6) is 11.5 Å². The maximum absolute atomic E-state index is 5.91. The van der Waals surface area contributed by atoms with Crippen LogP contribution in [0, 0.1) is 6.92 Å². The molecule has 6 rings (SSSR count). The normalized spacial score (nSPS) is 11.7. The van der Waals surface area contributed by atoms with Crippen molar-refractivity contribution in [1.82, 2.24) is 14.1 Å². The molecule has 0 radical (unpaired) electrons.